The van der Waals surface area contributed by atoms with Crippen LogP contribution in [0.4, 0.5) is 17.5 Å². The second-order valence-electron chi connectivity index (χ2n) is 9.00. The van der Waals surface area contributed by atoms with Crippen LogP contribution < -0.4 is 16.1 Å². The zero-order chi connectivity index (χ0) is 25.3. The molecule has 11 heteroatoms. The van der Waals surface area contributed by atoms with Gasteiger partial charge in [-0.1, -0.05) is 36.4 Å². The average molecular weight is 486 g/mol. The molecule has 0 saturated heterocycles. The van der Waals surface area contributed by atoms with Gasteiger partial charge in [0, 0.05) is 25.9 Å². The van der Waals surface area contributed by atoms with Gasteiger partial charge in [0.1, 0.15) is 5.82 Å². The SMILES string of the molecule is COB1OC(C)(C)c2cc(Nc3ncc(-c4nnc(C)o4)c(N[C@H](CO)c4ccccc4)n3)ccc21. The molecule has 0 saturated carbocycles. The van der Waals surface area contributed by atoms with E-state index >= 15 is 0 Å². The van der Waals surface area contributed by atoms with Gasteiger partial charge >= 0.3 is 7.12 Å². The third kappa shape index (κ3) is 4.68. The number of benzene rings is 2. The number of nitrogens with one attached hydrogen (secondary N) is 2. The second-order valence-corrected chi connectivity index (χ2v) is 9.00. The van der Waals surface area contributed by atoms with Crippen molar-refractivity contribution in [3.63, 3.8) is 0 Å². The highest BCUT2D eigenvalue weighted by molar-refractivity contribution is 6.63. The monoisotopic (exact) mass is 486 g/mol. The summed E-state index contributed by atoms with van der Waals surface area (Å²) in [7, 11) is 1.23. The number of aliphatic hydroxyl groups is 1. The Hall–Kier alpha value is -3.80. The molecule has 0 bridgehead atoms. The Morgan fingerprint density at radius 2 is 1.94 bits per heavy atom. The molecule has 0 radical (unpaired) electrons. The molecular formula is C25H27BN6O4. The fourth-order valence-corrected chi connectivity index (χ4v) is 4.26. The molecule has 3 N–H and O–H groups in total. The predicted octanol–water partition coefficient (Wildman–Crippen LogP) is 3.33. The number of hydrogen-bond donors (Lipinski definition) is 3. The van der Waals surface area contributed by atoms with Crippen LogP contribution in [-0.4, -0.2) is 46.1 Å². The predicted molar refractivity (Wildman–Crippen MR) is 136 cm³/mol. The zero-order valence-electron chi connectivity index (χ0n) is 20.5. The summed E-state index contributed by atoms with van der Waals surface area (Å²) in [6.45, 7) is 5.59. The lowest BCUT2D eigenvalue weighted by Crippen LogP contribution is -2.31. The smallest absolute Gasteiger partial charge is 0.421 e. The highest BCUT2D eigenvalue weighted by Crippen LogP contribution is 2.33. The van der Waals surface area contributed by atoms with E-state index in [-0.39, 0.29) is 12.5 Å². The molecule has 0 unspecified atom stereocenters. The van der Waals surface area contributed by atoms with Gasteiger partial charge in [0.05, 0.1) is 23.8 Å². The fourth-order valence-electron chi connectivity index (χ4n) is 4.26. The lowest BCUT2D eigenvalue weighted by atomic mass is 9.77. The van der Waals surface area contributed by atoms with Crippen LogP contribution in [-0.2, 0) is 14.9 Å². The van der Waals surface area contributed by atoms with E-state index in [9.17, 15) is 5.11 Å². The minimum Gasteiger partial charge on any atom is -0.421 e. The summed E-state index contributed by atoms with van der Waals surface area (Å²) in [6.07, 6.45) is 1.62. The van der Waals surface area contributed by atoms with Crippen molar-refractivity contribution in [3.8, 4) is 11.5 Å². The molecule has 2 aromatic carbocycles. The summed E-state index contributed by atoms with van der Waals surface area (Å²) < 4.78 is 17.1. The fraction of sp³-hybridized carbons (Fsp3) is 0.280. The van der Waals surface area contributed by atoms with Crippen molar-refractivity contribution in [2.45, 2.75) is 32.4 Å². The Morgan fingerprint density at radius 1 is 1.14 bits per heavy atom. The lowest BCUT2D eigenvalue weighted by Gasteiger charge is -2.21. The van der Waals surface area contributed by atoms with Crippen molar-refractivity contribution in [2.24, 2.45) is 0 Å². The number of aromatic nitrogens is 4. The molecule has 1 atom stereocenters. The Kier molecular flexibility index (Phi) is 6.44. The summed E-state index contributed by atoms with van der Waals surface area (Å²) in [6, 6.07) is 15.2. The number of hydrogen-bond acceptors (Lipinski definition) is 10. The number of nitrogens with zero attached hydrogens (tertiary/aromatic N) is 4. The van der Waals surface area contributed by atoms with Crippen molar-refractivity contribution in [1.29, 1.82) is 0 Å². The van der Waals surface area contributed by atoms with Crippen molar-refractivity contribution in [1.82, 2.24) is 20.2 Å². The normalized spacial score (nSPS) is 15.0. The molecule has 3 heterocycles. The molecule has 0 aliphatic carbocycles. The second kappa shape index (κ2) is 9.69. The van der Waals surface area contributed by atoms with Gasteiger partial charge in [-0.25, -0.2) is 4.98 Å². The molecule has 0 fully saturated rings. The van der Waals surface area contributed by atoms with Gasteiger partial charge in [0.25, 0.3) is 5.89 Å². The molecule has 1 aliphatic rings. The van der Waals surface area contributed by atoms with Crippen molar-refractivity contribution >= 4 is 30.0 Å². The van der Waals surface area contributed by atoms with Crippen LogP contribution >= 0.6 is 0 Å². The van der Waals surface area contributed by atoms with Crippen LogP contribution in [0.15, 0.2) is 59.1 Å². The van der Waals surface area contributed by atoms with Crippen LogP contribution in [0.5, 0.6) is 0 Å². The van der Waals surface area contributed by atoms with Gasteiger partial charge in [-0.05, 0) is 42.6 Å². The molecule has 4 aromatic rings. The quantitative estimate of drug-likeness (QED) is 0.319. The Balaban J connectivity index is 1.49. The van der Waals surface area contributed by atoms with Crippen molar-refractivity contribution in [2.75, 3.05) is 24.4 Å². The van der Waals surface area contributed by atoms with E-state index in [1.165, 1.54) is 0 Å². The van der Waals surface area contributed by atoms with E-state index in [4.69, 9.17) is 18.7 Å². The first-order chi connectivity index (χ1) is 17.4. The molecule has 0 amide bonds. The largest absolute Gasteiger partial charge is 0.494 e. The summed E-state index contributed by atoms with van der Waals surface area (Å²) in [5.41, 5.74) is 3.77. The first-order valence-corrected chi connectivity index (χ1v) is 11.6. The molecule has 5 rings (SSSR count). The van der Waals surface area contributed by atoms with Gasteiger partial charge in [0.2, 0.25) is 11.8 Å². The lowest BCUT2D eigenvalue weighted by molar-refractivity contribution is 0.0930. The molecule has 1 aliphatic heterocycles. The maximum Gasteiger partial charge on any atom is 0.494 e. The first-order valence-electron chi connectivity index (χ1n) is 11.6. The van der Waals surface area contributed by atoms with Crippen LogP contribution in [0.3, 0.4) is 0 Å². The highest BCUT2D eigenvalue weighted by Gasteiger charge is 2.42. The maximum absolute atomic E-state index is 10.1. The van der Waals surface area contributed by atoms with Gasteiger partial charge in [0.15, 0.2) is 0 Å². The van der Waals surface area contributed by atoms with E-state index < -0.39 is 18.8 Å². The van der Waals surface area contributed by atoms with E-state index in [0.29, 0.717) is 23.2 Å². The summed E-state index contributed by atoms with van der Waals surface area (Å²) in [5.74, 6) is 1.52. The van der Waals surface area contributed by atoms with Crippen LogP contribution in [0, 0.1) is 6.92 Å². The number of rotatable bonds is 8. The first kappa shape index (κ1) is 23.9. The molecule has 2 aromatic heterocycles. The maximum atomic E-state index is 10.1. The molecule has 36 heavy (non-hydrogen) atoms. The molecule has 10 nitrogen and oxygen atoms in total. The third-order valence-electron chi connectivity index (χ3n) is 6.07. The van der Waals surface area contributed by atoms with E-state index in [1.54, 1.807) is 20.2 Å². The summed E-state index contributed by atoms with van der Waals surface area (Å²) in [4.78, 5) is 9.18. The topological polar surface area (TPSA) is 127 Å². The Morgan fingerprint density at radius 3 is 2.64 bits per heavy atom. The molecular weight excluding hydrogens is 459 g/mol. The van der Waals surface area contributed by atoms with E-state index in [2.05, 4.69) is 25.8 Å². The summed E-state index contributed by atoms with van der Waals surface area (Å²) in [5, 5.41) is 24.7. The summed E-state index contributed by atoms with van der Waals surface area (Å²) >= 11 is 0. The number of aliphatic hydroxyl groups excluding tert-OH is 1. The average Bonchev–Trinajstić information content (AvgIpc) is 3.43. The zero-order valence-corrected chi connectivity index (χ0v) is 20.5. The van der Waals surface area contributed by atoms with E-state index in [0.717, 1.165) is 22.3 Å². The van der Waals surface area contributed by atoms with Gasteiger partial charge in [-0.3, -0.25) is 0 Å². The third-order valence-corrected chi connectivity index (χ3v) is 6.07. The van der Waals surface area contributed by atoms with Crippen LogP contribution in [0.1, 0.15) is 36.9 Å². The van der Waals surface area contributed by atoms with Crippen LogP contribution in [0.2, 0.25) is 0 Å². The molecule has 0 spiro atoms. The number of aryl methyl sites for hydroxylation is 1. The number of anilines is 3. The highest BCUT2D eigenvalue weighted by atomic mass is 16.6. The van der Waals surface area contributed by atoms with Gasteiger partial charge in [-0.2, -0.15) is 4.98 Å². The minimum absolute atomic E-state index is 0.139. The van der Waals surface area contributed by atoms with Gasteiger partial charge in [-0.15, -0.1) is 10.2 Å². The number of fused-ring (bicyclic) bond motifs is 1. The molecule has 184 valence electrons. The van der Waals surface area contributed by atoms with Crippen LogP contribution in [0.25, 0.3) is 11.5 Å². The van der Waals surface area contributed by atoms with Crippen molar-refractivity contribution < 1.29 is 18.8 Å². The standard InChI is InChI=1S/C25H27BN6O4/c1-15-31-32-23(35-15)18-13-27-24(30-22(18)29-21(14-33)16-8-6-5-7-9-16)28-17-10-11-20-19(12-17)25(2,3)36-26(20)34-4/h5-13,21,33H,14H2,1-4H3,(H2,27,28,29,30)/t21-/m1/s1. The Bertz CT molecular complexity index is 1360. The Labute approximate surface area is 209 Å². The minimum atomic E-state index is -0.495. The van der Waals surface area contributed by atoms with E-state index in [1.807, 2.05) is 62.4 Å². The van der Waals surface area contributed by atoms with Gasteiger partial charge < -0.3 is 29.5 Å². The van der Waals surface area contributed by atoms with Crippen molar-refractivity contribution in [3.05, 3.63) is 71.7 Å².